The highest BCUT2D eigenvalue weighted by Gasteiger charge is 2.43. The number of ether oxygens (including phenoxy) is 1. The SMILES string of the molecule is CC(C)(C)OC(=O)N1CCC(n2c(=O)c(-c3c(F)ccc(N[S+](=O)(O)N4CC[C@@H](F)C4)c3F)cc3cnc(NCC4CC4)nc32)C1. The molecule has 1 saturated carbocycles. The minimum Gasteiger partial charge on any atom is -0.444 e. The summed E-state index contributed by atoms with van der Waals surface area (Å²) >= 11 is 0. The number of alkyl halides is 1. The molecular weight excluding hydrogens is 627 g/mol. The highest BCUT2D eigenvalue weighted by Crippen LogP contribution is 2.34. The van der Waals surface area contributed by atoms with Gasteiger partial charge in [-0.25, -0.2) is 22.9 Å². The number of carbonyl (C=O) groups excluding carboxylic acids is 1. The fourth-order valence-corrected chi connectivity index (χ4v) is 7.01. The summed E-state index contributed by atoms with van der Waals surface area (Å²) in [4.78, 5) is 37.5. The first-order chi connectivity index (χ1) is 21.7. The van der Waals surface area contributed by atoms with Gasteiger partial charge >= 0.3 is 16.7 Å². The maximum absolute atomic E-state index is 16.1. The fourth-order valence-electron chi connectivity index (χ4n) is 5.72. The van der Waals surface area contributed by atoms with E-state index in [9.17, 15) is 22.7 Å². The molecule has 2 unspecified atom stereocenters. The number of carbonyl (C=O) groups is 1. The van der Waals surface area contributed by atoms with Gasteiger partial charge < -0.3 is 15.0 Å². The zero-order valence-corrected chi connectivity index (χ0v) is 26.6. The zero-order chi connectivity index (χ0) is 33.0. The second-order valence-electron chi connectivity index (χ2n) is 13.1. The van der Waals surface area contributed by atoms with E-state index >= 15 is 8.78 Å². The van der Waals surface area contributed by atoms with Crippen molar-refractivity contribution in [1.29, 1.82) is 0 Å². The van der Waals surface area contributed by atoms with Crippen LogP contribution in [0.1, 0.15) is 52.5 Å². The topological polar surface area (TPSA) is 142 Å². The van der Waals surface area contributed by atoms with E-state index in [1.54, 1.807) is 20.8 Å². The van der Waals surface area contributed by atoms with Crippen LogP contribution in [0, 0.1) is 17.6 Å². The molecule has 3 aliphatic rings. The van der Waals surface area contributed by atoms with Gasteiger partial charge in [-0.15, -0.1) is 4.55 Å². The Kier molecular flexibility index (Phi) is 8.48. The van der Waals surface area contributed by atoms with Crippen molar-refractivity contribution >= 4 is 39.3 Å². The van der Waals surface area contributed by atoms with Crippen molar-refractivity contribution in [2.75, 3.05) is 42.8 Å². The maximum atomic E-state index is 16.1. The van der Waals surface area contributed by atoms with Gasteiger partial charge in [0.2, 0.25) is 5.95 Å². The summed E-state index contributed by atoms with van der Waals surface area (Å²) in [6.07, 6.45) is 2.18. The van der Waals surface area contributed by atoms with E-state index in [0.29, 0.717) is 30.2 Å². The highest BCUT2D eigenvalue weighted by atomic mass is 32.3. The number of anilines is 2. The van der Waals surface area contributed by atoms with Gasteiger partial charge in [0.1, 0.15) is 28.9 Å². The molecule has 1 aromatic carbocycles. The Hall–Kier alpha value is -3.76. The van der Waals surface area contributed by atoms with E-state index in [4.69, 9.17) is 4.74 Å². The van der Waals surface area contributed by atoms with Gasteiger partial charge in [0.15, 0.2) is 5.82 Å². The highest BCUT2D eigenvalue weighted by molar-refractivity contribution is 7.96. The molecule has 16 heteroatoms. The summed E-state index contributed by atoms with van der Waals surface area (Å²) in [7, 11) is -4.11. The standard InChI is InChI=1S/C30H36F3N7O5S/c1-30(2,3)45-29(42)38-10-9-20(16-38)40-26-18(14-35-28(36-26)34-13-17-4-5-17)12-21(27(40)41)24-22(32)6-7-23(25(24)33)37-46(43,44)39-11-8-19(31)15-39/h6-7,12,14,17,19-20H,4-5,8-11,13,15-16H2,1-3H3,(H2-,34,35,36,37,41,43,44)/p+1/t19-,20?/m1/s1. The summed E-state index contributed by atoms with van der Waals surface area (Å²) in [5.41, 5.74) is -2.90. The molecule has 3 atom stereocenters. The Bertz CT molecular complexity index is 1780. The molecule has 0 bridgehead atoms. The molecule has 2 aromatic heterocycles. The minimum absolute atomic E-state index is 0.0340. The van der Waals surface area contributed by atoms with Gasteiger partial charge in [0, 0.05) is 31.2 Å². The van der Waals surface area contributed by atoms with Crippen LogP contribution in [0.2, 0.25) is 0 Å². The number of aromatic nitrogens is 3. The lowest BCUT2D eigenvalue weighted by Gasteiger charge is -2.25. The first-order valence-electron chi connectivity index (χ1n) is 15.3. The summed E-state index contributed by atoms with van der Waals surface area (Å²) < 4.78 is 78.8. The lowest BCUT2D eigenvalue weighted by Crippen LogP contribution is -2.40. The van der Waals surface area contributed by atoms with Crippen molar-refractivity contribution < 1.29 is 31.5 Å². The molecule has 2 saturated heterocycles. The third-order valence-electron chi connectivity index (χ3n) is 8.25. The van der Waals surface area contributed by atoms with Gasteiger partial charge in [-0.1, -0.05) is 4.31 Å². The normalized spacial score (nSPS) is 21.8. The molecule has 46 heavy (non-hydrogen) atoms. The molecule has 3 aromatic rings. The molecule has 6 rings (SSSR count). The molecule has 0 radical (unpaired) electrons. The van der Waals surface area contributed by atoms with Crippen molar-refractivity contribution in [3.8, 4) is 11.1 Å². The van der Waals surface area contributed by atoms with E-state index in [-0.39, 0.29) is 43.8 Å². The fraction of sp³-hybridized carbons (Fsp3) is 0.533. The second-order valence-corrected chi connectivity index (χ2v) is 14.8. The number of nitrogens with zero attached hydrogens (tertiary/aromatic N) is 5. The van der Waals surface area contributed by atoms with E-state index in [1.165, 1.54) is 21.7 Å². The summed E-state index contributed by atoms with van der Waals surface area (Å²) in [5, 5.41) is 3.50. The maximum Gasteiger partial charge on any atom is 0.410 e. The molecule has 2 aliphatic heterocycles. The Morgan fingerprint density at radius 1 is 1.15 bits per heavy atom. The number of pyridine rings is 1. The number of nitrogens with one attached hydrogen (secondary N) is 2. The first kappa shape index (κ1) is 32.2. The molecule has 3 fully saturated rings. The second kappa shape index (κ2) is 12.1. The van der Waals surface area contributed by atoms with Gasteiger partial charge in [0.05, 0.1) is 30.3 Å². The third-order valence-corrected chi connectivity index (χ3v) is 9.76. The van der Waals surface area contributed by atoms with Crippen LogP contribution in [0.5, 0.6) is 0 Å². The van der Waals surface area contributed by atoms with Crippen molar-refractivity contribution in [2.24, 2.45) is 5.92 Å². The van der Waals surface area contributed by atoms with E-state index in [1.807, 2.05) is 0 Å². The number of hydrogen-bond acceptors (Lipinski definition) is 7. The average molecular weight is 665 g/mol. The molecular formula is C30H37F3N7O5S+. The monoisotopic (exact) mass is 664 g/mol. The van der Waals surface area contributed by atoms with Gasteiger partial charge in [-0.05, 0) is 74.8 Å². The number of hydrogen-bond donors (Lipinski definition) is 3. The van der Waals surface area contributed by atoms with E-state index in [2.05, 4.69) is 20.0 Å². The Morgan fingerprint density at radius 2 is 1.91 bits per heavy atom. The summed E-state index contributed by atoms with van der Waals surface area (Å²) in [6.45, 7) is 5.91. The first-order valence-corrected chi connectivity index (χ1v) is 16.7. The van der Waals surface area contributed by atoms with Crippen LogP contribution >= 0.6 is 0 Å². The zero-order valence-electron chi connectivity index (χ0n) is 25.8. The predicted molar refractivity (Wildman–Crippen MR) is 167 cm³/mol. The van der Waals surface area contributed by atoms with E-state index < -0.39 is 62.9 Å². The number of amides is 1. The number of fused-ring (bicyclic) bond motifs is 1. The number of likely N-dealkylation sites (tertiary alicyclic amines) is 1. The van der Waals surface area contributed by atoms with Gasteiger partial charge in [-0.2, -0.15) is 9.71 Å². The quantitative estimate of drug-likeness (QED) is 0.286. The molecule has 1 aliphatic carbocycles. The van der Waals surface area contributed by atoms with Crippen LogP contribution in [0.4, 0.5) is 29.6 Å². The average Bonchev–Trinajstić information content (AvgIpc) is 3.48. The van der Waals surface area contributed by atoms with Gasteiger partial charge in [-0.3, -0.25) is 9.36 Å². The van der Waals surface area contributed by atoms with Crippen LogP contribution in [-0.2, 0) is 19.5 Å². The Morgan fingerprint density at radius 3 is 2.59 bits per heavy atom. The Labute approximate surface area is 264 Å². The van der Waals surface area contributed by atoms with E-state index in [0.717, 1.165) is 29.3 Å². The van der Waals surface area contributed by atoms with Gasteiger partial charge in [0.25, 0.3) is 5.56 Å². The summed E-state index contributed by atoms with van der Waals surface area (Å²) in [5.74, 6) is -1.54. The van der Waals surface area contributed by atoms with Crippen LogP contribution < -0.4 is 15.6 Å². The lowest BCUT2D eigenvalue weighted by atomic mass is 10.0. The van der Waals surface area contributed by atoms with Crippen LogP contribution in [-0.4, -0.2) is 78.9 Å². The van der Waals surface area contributed by atoms with Crippen molar-refractivity contribution in [3.05, 3.63) is 46.4 Å². The largest absolute Gasteiger partial charge is 0.444 e. The number of rotatable bonds is 8. The third kappa shape index (κ3) is 6.69. The van der Waals surface area contributed by atoms with Crippen molar-refractivity contribution in [2.45, 2.75) is 64.3 Å². The molecule has 1 amide bonds. The smallest absolute Gasteiger partial charge is 0.410 e. The number of halogens is 3. The lowest BCUT2D eigenvalue weighted by molar-refractivity contribution is 0.0289. The number of benzene rings is 1. The predicted octanol–water partition coefficient (Wildman–Crippen LogP) is 5.00. The molecule has 4 heterocycles. The van der Waals surface area contributed by atoms with Crippen LogP contribution in [0.25, 0.3) is 22.2 Å². The Balaban J connectivity index is 1.42. The van der Waals surface area contributed by atoms with Crippen LogP contribution in [0.3, 0.4) is 0 Å². The van der Waals surface area contributed by atoms with Crippen molar-refractivity contribution in [1.82, 2.24) is 23.7 Å². The van der Waals surface area contributed by atoms with Crippen LogP contribution in [0.15, 0.2) is 29.2 Å². The van der Waals surface area contributed by atoms with Crippen molar-refractivity contribution in [3.63, 3.8) is 0 Å². The molecule has 3 N–H and O–H groups in total. The summed E-state index contributed by atoms with van der Waals surface area (Å²) in [6, 6.07) is 2.51. The molecule has 248 valence electrons. The molecule has 0 spiro atoms. The minimum atomic E-state index is -4.11. The molecule has 12 nitrogen and oxygen atoms in total.